The van der Waals surface area contributed by atoms with Crippen molar-refractivity contribution in [3.05, 3.63) is 70.5 Å². The summed E-state index contributed by atoms with van der Waals surface area (Å²) in [6.07, 6.45) is -3.55. The Morgan fingerprint density at radius 3 is 2.37 bits per heavy atom. The molecule has 3 atom stereocenters. The molecule has 222 valence electrons. The molecule has 3 aliphatic rings. The van der Waals surface area contributed by atoms with Gasteiger partial charge in [0.1, 0.15) is 5.82 Å². The first-order valence-corrected chi connectivity index (χ1v) is 14.0. The molecular weight excluding hydrogens is 548 g/mol. The van der Waals surface area contributed by atoms with Gasteiger partial charge in [-0.05, 0) is 99.1 Å². The van der Waals surface area contributed by atoms with E-state index < -0.39 is 58.1 Å². The largest absolute Gasteiger partial charge is 0.481 e. The lowest BCUT2D eigenvalue weighted by atomic mass is 9.59. The van der Waals surface area contributed by atoms with Crippen LogP contribution in [0.2, 0.25) is 0 Å². The van der Waals surface area contributed by atoms with Crippen molar-refractivity contribution in [2.75, 3.05) is 6.54 Å². The van der Waals surface area contributed by atoms with Crippen molar-refractivity contribution in [2.24, 2.45) is 5.92 Å². The number of halogens is 6. The molecule has 1 saturated carbocycles. The molecule has 2 aromatic rings. The fraction of sp³-hybridized carbons (Fsp3) is 0.548. The monoisotopic (exact) mass is 581 g/mol. The number of fused-ring (bicyclic) bond motifs is 3. The number of alkyl halides is 5. The van der Waals surface area contributed by atoms with Crippen molar-refractivity contribution in [3.8, 4) is 0 Å². The SMILES string of the molecule is CC(F)(c1ccc2c(c1)CCC1N(C(=O)[C@]3(F)CC[C@@H](C(=O)O)CC3)CCCC21Cc1cccc(F)c1)C(F)(F)F. The first-order chi connectivity index (χ1) is 19.2. The molecular formula is C31H33F6NO3. The topological polar surface area (TPSA) is 57.6 Å². The maximum Gasteiger partial charge on any atom is 0.426 e. The van der Waals surface area contributed by atoms with Gasteiger partial charge in [-0.1, -0.05) is 30.3 Å². The van der Waals surface area contributed by atoms with Gasteiger partial charge in [-0.3, -0.25) is 9.59 Å². The molecule has 1 heterocycles. The summed E-state index contributed by atoms with van der Waals surface area (Å²) in [7, 11) is 0. The molecule has 2 aromatic carbocycles. The van der Waals surface area contributed by atoms with Crippen molar-refractivity contribution in [3.63, 3.8) is 0 Å². The molecule has 41 heavy (non-hydrogen) atoms. The van der Waals surface area contributed by atoms with Crippen LogP contribution in [-0.4, -0.2) is 46.3 Å². The predicted octanol–water partition coefficient (Wildman–Crippen LogP) is 6.97. The molecule has 10 heteroatoms. The smallest absolute Gasteiger partial charge is 0.426 e. The number of carboxylic acids is 1. The number of aliphatic carboxylic acids is 1. The number of hydrogen-bond donors (Lipinski definition) is 1. The van der Waals surface area contributed by atoms with Gasteiger partial charge in [0.05, 0.1) is 5.92 Å². The van der Waals surface area contributed by atoms with Gasteiger partial charge in [0.15, 0.2) is 5.67 Å². The van der Waals surface area contributed by atoms with Crippen molar-refractivity contribution in [2.45, 2.75) is 93.7 Å². The van der Waals surface area contributed by atoms with Crippen LogP contribution in [0.1, 0.15) is 74.1 Å². The van der Waals surface area contributed by atoms with Gasteiger partial charge in [0.25, 0.3) is 5.91 Å². The molecule has 1 saturated heterocycles. The van der Waals surface area contributed by atoms with Crippen LogP contribution in [0.15, 0.2) is 42.5 Å². The zero-order valence-electron chi connectivity index (χ0n) is 22.7. The van der Waals surface area contributed by atoms with E-state index in [1.165, 1.54) is 29.2 Å². The molecule has 1 amide bonds. The van der Waals surface area contributed by atoms with Gasteiger partial charge in [0.2, 0.25) is 5.67 Å². The Kier molecular flexibility index (Phi) is 7.43. The number of nitrogens with zero attached hydrogens (tertiary/aromatic N) is 1. The van der Waals surface area contributed by atoms with E-state index in [1.807, 2.05) is 0 Å². The minimum atomic E-state index is -5.11. The third kappa shape index (κ3) is 5.12. The molecule has 0 spiro atoms. The molecule has 0 radical (unpaired) electrons. The van der Waals surface area contributed by atoms with Crippen LogP contribution >= 0.6 is 0 Å². The van der Waals surface area contributed by atoms with E-state index in [0.29, 0.717) is 42.9 Å². The number of carboxylic acid groups (broad SMARTS) is 1. The Morgan fingerprint density at radius 1 is 1.02 bits per heavy atom. The molecule has 3 unspecified atom stereocenters. The fourth-order valence-corrected chi connectivity index (χ4v) is 7.32. The maximum absolute atomic E-state index is 16.2. The highest BCUT2D eigenvalue weighted by molar-refractivity contribution is 5.86. The lowest BCUT2D eigenvalue weighted by molar-refractivity contribution is -0.228. The number of likely N-dealkylation sites (tertiary alicyclic amines) is 1. The van der Waals surface area contributed by atoms with Crippen LogP contribution in [-0.2, 0) is 33.5 Å². The number of hydrogen-bond acceptors (Lipinski definition) is 2. The lowest BCUT2D eigenvalue weighted by Crippen LogP contribution is -2.63. The van der Waals surface area contributed by atoms with Gasteiger partial charge >= 0.3 is 12.1 Å². The van der Waals surface area contributed by atoms with E-state index in [2.05, 4.69) is 0 Å². The predicted molar refractivity (Wildman–Crippen MR) is 139 cm³/mol. The van der Waals surface area contributed by atoms with Crippen LogP contribution in [0.25, 0.3) is 0 Å². The molecule has 1 N–H and O–H groups in total. The molecule has 0 aromatic heterocycles. The highest BCUT2D eigenvalue weighted by Crippen LogP contribution is 2.51. The lowest BCUT2D eigenvalue weighted by Gasteiger charge is -2.55. The Balaban J connectivity index is 1.55. The first kappa shape index (κ1) is 29.5. The summed E-state index contributed by atoms with van der Waals surface area (Å²) in [5.74, 6) is -2.86. The highest BCUT2D eigenvalue weighted by Gasteiger charge is 2.56. The van der Waals surface area contributed by atoms with Gasteiger partial charge in [-0.2, -0.15) is 13.2 Å². The van der Waals surface area contributed by atoms with Gasteiger partial charge in [-0.25, -0.2) is 13.2 Å². The van der Waals surface area contributed by atoms with Crippen molar-refractivity contribution in [1.29, 1.82) is 0 Å². The molecule has 0 bridgehead atoms. The van der Waals surface area contributed by atoms with E-state index >= 15 is 4.39 Å². The third-order valence-electron chi connectivity index (χ3n) is 9.62. The molecule has 1 aliphatic heterocycles. The Labute approximate surface area is 234 Å². The summed E-state index contributed by atoms with van der Waals surface area (Å²) < 4.78 is 85.9. The van der Waals surface area contributed by atoms with E-state index in [-0.39, 0.29) is 45.1 Å². The molecule has 5 rings (SSSR count). The van der Waals surface area contributed by atoms with Crippen LogP contribution in [0.3, 0.4) is 0 Å². The Morgan fingerprint density at radius 2 is 1.73 bits per heavy atom. The van der Waals surface area contributed by atoms with Crippen LogP contribution in [0, 0.1) is 11.7 Å². The van der Waals surface area contributed by atoms with E-state index in [4.69, 9.17) is 0 Å². The van der Waals surface area contributed by atoms with Crippen molar-refractivity contribution in [1.82, 2.24) is 4.90 Å². The maximum atomic E-state index is 16.2. The van der Waals surface area contributed by atoms with Gasteiger partial charge in [0, 0.05) is 18.0 Å². The van der Waals surface area contributed by atoms with Crippen molar-refractivity contribution >= 4 is 11.9 Å². The average molecular weight is 582 g/mol. The van der Waals surface area contributed by atoms with E-state index in [1.54, 1.807) is 12.1 Å². The number of piperidine rings is 1. The number of rotatable bonds is 5. The highest BCUT2D eigenvalue weighted by atomic mass is 19.4. The zero-order valence-corrected chi connectivity index (χ0v) is 22.7. The summed E-state index contributed by atoms with van der Waals surface area (Å²) in [6.45, 7) is 0.774. The summed E-state index contributed by atoms with van der Waals surface area (Å²) >= 11 is 0. The second kappa shape index (κ2) is 10.3. The summed E-state index contributed by atoms with van der Waals surface area (Å²) in [5.41, 5.74) is -5.30. The average Bonchev–Trinajstić information content (AvgIpc) is 2.91. The Bertz CT molecular complexity index is 1330. The number of benzene rings is 2. The number of carbonyl (C=O) groups excluding carboxylic acids is 1. The number of carbonyl (C=O) groups is 2. The summed E-state index contributed by atoms with van der Waals surface area (Å²) in [5, 5.41) is 9.32. The van der Waals surface area contributed by atoms with Gasteiger partial charge in [-0.15, -0.1) is 0 Å². The standard InChI is InChI=1S/C31H33F6NO3/c1-28(33,31(35,36)37)22-7-8-24-21(17-22)6-9-25-29(24,18-19-4-2-5-23(32)16-19)12-3-15-38(25)27(41)30(34)13-10-20(11-14-30)26(39)40/h2,4-5,7-8,16-17,20,25H,3,6,9-15,18H2,1H3,(H,39,40)/t20-,25?,28?,29?,30+. The zero-order chi connectivity index (χ0) is 29.8. The summed E-state index contributed by atoms with van der Waals surface area (Å²) in [4.78, 5) is 26.8. The molecule has 2 fully saturated rings. The minimum absolute atomic E-state index is 0.0529. The number of aryl methyl sites for hydroxylation is 1. The molecule has 4 nitrogen and oxygen atoms in total. The second-order valence-corrected chi connectivity index (χ2v) is 12.1. The normalized spacial score (nSPS) is 29.7. The summed E-state index contributed by atoms with van der Waals surface area (Å²) in [6, 6.07) is 9.33. The van der Waals surface area contributed by atoms with Gasteiger partial charge < -0.3 is 10.0 Å². The second-order valence-electron chi connectivity index (χ2n) is 12.1. The van der Waals surface area contributed by atoms with E-state index in [9.17, 15) is 36.6 Å². The third-order valence-corrected chi connectivity index (χ3v) is 9.62. The van der Waals surface area contributed by atoms with Crippen LogP contribution < -0.4 is 0 Å². The van der Waals surface area contributed by atoms with Crippen LogP contribution in [0.4, 0.5) is 26.3 Å². The molecule has 2 aliphatic carbocycles. The fourth-order valence-electron chi connectivity index (χ4n) is 7.32. The van der Waals surface area contributed by atoms with Crippen LogP contribution in [0.5, 0.6) is 0 Å². The quantitative estimate of drug-likeness (QED) is 0.388. The van der Waals surface area contributed by atoms with E-state index in [0.717, 1.165) is 6.07 Å². The first-order valence-electron chi connectivity index (χ1n) is 14.0. The Hall–Kier alpha value is -3.04. The number of amides is 1. The minimum Gasteiger partial charge on any atom is -0.481 e. The van der Waals surface area contributed by atoms with Crippen molar-refractivity contribution < 1.29 is 41.0 Å².